The standard InChI is InChI=1S/2C19H24FO2P.C16H18FO2P.2C15H16FO2P.C14H14FO2P/c1-13-10-14(19(2,3)4)11-17(18(13)22-12-21-5)23-16-9-7-6-8-15(16)20;1-13-10-14(19(2,3)4)18(22-12-21-5)17(11-13)23-16-9-7-6-8-15(16)20;1-11-8-12(2)16(19-10-18-3)15(9-11)20-14-7-5-4-6-13(14)17;1-11-6-5-9-14(15(11)18-10-17-2)19-13-8-4-3-7-12(13)16;1-11-7-8-13(18-10-17-2)15(9-11)19-14-6-4-3-5-12(14)16;1-16-10-17-12-7-3-5-9-14(12)18-13-8-4-2-6-11(13)15/h2*6-11,23H,12H2,1-5H3;4-9,20H,10H2,1-3H3;2*3-9,19H,10H2,1-2H3;2-9,18H,10H2,1H3. The van der Waals surface area contributed by atoms with Gasteiger partial charge in [0.25, 0.3) is 0 Å². The Morgan fingerprint density at radius 2 is 0.516 bits per heavy atom. The number of para-hydroxylation sites is 2. The summed E-state index contributed by atoms with van der Waals surface area (Å²) in [6, 6.07) is 73.1. The van der Waals surface area contributed by atoms with Gasteiger partial charge >= 0.3 is 0 Å². The molecule has 0 aliphatic heterocycles. The van der Waals surface area contributed by atoms with Gasteiger partial charge in [-0.3, -0.25) is 0 Å². The molecule has 12 nitrogen and oxygen atoms in total. The molecule has 648 valence electrons. The van der Waals surface area contributed by atoms with Crippen LogP contribution in [-0.4, -0.2) is 83.4 Å². The van der Waals surface area contributed by atoms with Gasteiger partial charge in [-0.1, -0.05) is 268 Å². The van der Waals surface area contributed by atoms with E-state index in [0.29, 0.717) is 31.8 Å². The first-order valence-electron chi connectivity index (χ1n) is 39.0. The lowest BCUT2D eigenvalue weighted by Gasteiger charge is -2.25. The van der Waals surface area contributed by atoms with E-state index in [0.717, 1.165) is 105 Å². The zero-order chi connectivity index (χ0) is 88.7. The van der Waals surface area contributed by atoms with Crippen LogP contribution < -0.4 is 92.1 Å². The van der Waals surface area contributed by atoms with Crippen LogP contribution in [0.5, 0.6) is 34.5 Å². The zero-order valence-electron chi connectivity index (χ0n) is 72.5. The van der Waals surface area contributed by atoms with Crippen molar-refractivity contribution < 1.29 is 83.2 Å². The third-order valence-corrected chi connectivity index (χ3v) is 25.6. The minimum Gasteiger partial charge on any atom is -0.467 e. The Kier molecular flexibility index (Phi) is 43.0. The normalized spacial score (nSPS) is 11.5. The molecule has 0 N–H and O–H groups in total. The molecule has 12 rings (SSSR count). The second-order valence-corrected chi connectivity index (χ2v) is 37.7. The fraction of sp³-hybridized carbons (Fsp3) is 0.265. The molecule has 0 saturated carbocycles. The predicted molar refractivity (Wildman–Crippen MR) is 503 cm³/mol. The number of hydrogen-bond acceptors (Lipinski definition) is 12. The average molecular weight is 1780 g/mol. The first-order chi connectivity index (χ1) is 58.5. The molecule has 0 aliphatic carbocycles. The van der Waals surface area contributed by atoms with Crippen LogP contribution in [0.2, 0.25) is 0 Å². The zero-order valence-corrected chi connectivity index (χ0v) is 78.5. The minimum atomic E-state index is -0.183. The third kappa shape index (κ3) is 32.8. The molecule has 122 heavy (non-hydrogen) atoms. The lowest BCUT2D eigenvalue weighted by Crippen LogP contribution is -2.20. The topological polar surface area (TPSA) is 111 Å². The summed E-state index contributed by atoms with van der Waals surface area (Å²) in [4.78, 5) is 0. The molecule has 0 bridgehead atoms. The van der Waals surface area contributed by atoms with E-state index in [1.54, 1.807) is 97.3 Å². The lowest BCUT2D eigenvalue weighted by molar-refractivity contribution is 0.0505. The fourth-order valence-electron chi connectivity index (χ4n) is 11.8. The first-order valence-corrected chi connectivity index (χ1v) is 45.0. The maximum absolute atomic E-state index is 14.0. The highest BCUT2D eigenvalue weighted by Crippen LogP contribution is 2.36. The van der Waals surface area contributed by atoms with Crippen LogP contribution in [0.15, 0.2) is 243 Å². The van der Waals surface area contributed by atoms with Crippen LogP contribution in [-0.2, 0) is 39.3 Å². The van der Waals surface area contributed by atoms with E-state index >= 15 is 0 Å². The van der Waals surface area contributed by atoms with Crippen LogP contribution in [0.3, 0.4) is 0 Å². The molecule has 0 heterocycles. The Bertz CT molecular complexity index is 5150. The molecule has 0 fully saturated rings. The van der Waals surface area contributed by atoms with Gasteiger partial charge in [-0.15, -0.1) is 0 Å². The summed E-state index contributed by atoms with van der Waals surface area (Å²) in [5.74, 6) is 3.58. The van der Waals surface area contributed by atoms with Gasteiger partial charge in [0.15, 0.2) is 40.8 Å². The Morgan fingerprint density at radius 3 is 0.902 bits per heavy atom. The van der Waals surface area contributed by atoms with E-state index < -0.39 is 0 Å². The largest absolute Gasteiger partial charge is 0.467 e. The number of methoxy groups -OCH3 is 6. The number of halogens is 6. The van der Waals surface area contributed by atoms with Crippen molar-refractivity contribution in [1.82, 2.24) is 0 Å². The van der Waals surface area contributed by atoms with E-state index in [-0.39, 0.29) is 138 Å². The van der Waals surface area contributed by atoms with Crippen molar-refractivity contribution in [3.63, 3.8) is 0 Å². The van der Waals surface area contributed by atoms with Gasteiger partial charge < -0.3 is 56.8 Å². The molecule has 0 aromatic heterocycles. The second kappa shape index (κ2) is 52.2. The van der Waals surface area contributed by atoms with Crippen molar-refractivity contribution in [3.8, 4) is 34.5 Å². The van der Waals surface area contributed by atoms with Crippen LogP contribution in [0.4, 0.5) is 26.3 Å². The first kappa shape index (κ1) is 100. The molecule has 0 amide bonds. The molecule has 6 unspecified atom stereocenters. The maximum atomic E-state index is 14.0. The van der Waals surface area contributed by atoms with Gasteiger partial charge in [-0.25, -0.2) is 26.3 Å². The number of ether oxygens (including phenoxy) is 12. The van der Waals surface area contributed by atoms with E-state index in [1.807, 2.05) is 156 Å². The van der Waals surface area contributed by atoms with Gasteiger partial charge in [0.1, 0.15) is 69.4 Å². The van der Waals surface area contributed by atoms with Crippen LogP contribution in [0, 0.1) is 76.4 Å². The third-order valence-electron chi connectivity index (χ3n) is 17.6. The number of benzene rings is 12. The van der Waals surface area contributed by atoms with Gasteiger partial charge in [0.2, 0.25) is 0 Å². The van der Waals surface area contributed by atoms with E-state index in [9.17, 15) is 26.3 Å². The van der Waals surface area contributed by atoms with Crippen molar-refractivity contribution in [1.29, 1.82) is 0 Å². The molecule has 12 aromatic carbocycles. The number of rotatable bonds is 30. The number of hydrogen-bond donors (Lipinski definition) is 0. The fourth-order valence-corrected chi connectivity index (χ4v) is 19.3. The molecule has 0 saturated heterocycles. The maximum Gasteiger partial charge on any atom is 0.188 e. The summed E-state index contributed by atoms with van der Waals surface area (Å²) >= 11 is 0. The Balaban J connectivity index is 0.000000202. The lowest BCUT2D eigenvalue weighted by atomic mass is 9.85. The number of aryl methyl sites for hydroxylation is 6. The summed E-state index contributed by atoms with van der Waals surface area (Å²) in [6.07, 6.45) is 0. The van der Waals surface area contributed by atoms with Gasteiger partial charge in [0.05, 0.1) is 0 Å². The van der Waals surface area contributed by atoms with Gasteiger partial charge in [-0.05, 0) is 159 Å². The quantitative estimate of drug-likeness (QED) is 0.0243. The van der Waals surface area contributed by atoms with E-state index in [1.165, 1.54) is 42.0 Å². The summed E-state index contributed by atoms with van der Waals surface area (Å²) in [6.45, 7) is 26.2. The molecule has 0 spiro atoms. The molecule has 12 aromatic rings. The SMILES string of the molecule is COCOc1c(C)cc(C(C)(C)C)cc1Pc1ccccc1F.COCOc1c(C)cc(C)cc1Pc1ccccc1F.COCOc1c(C)cccc1Pc1ccccc1F.COCOc1c(Pc2ccccc2F)cc(C)cc1C(C)(C)C.COCOc1ccc(C)cc1Pc1ccccc1F.COCOc1ccccc1Pc1ccccc1F. The smallest absolute Gasteiger partial charge is 0.188 e. The summed E-state index contributed by atoms with van der Waals surface area (Å²) in [7, 11) is 10.8. The van der Waals surface area contributed by atoms with Gasteiger partial charge in [0, 0.05) is 112 Å². The van der Waals surface area contributed by atoms with E-state index in [4.69, 9.17) is 56.8 Å². The molecule has 24 heteroatoms. The monoisotopic (exact) mass is 1780 g/mol. The Morgan fingerprint density at radius 1 is 0.230 bits per heavy atom. The van der Waals surface area contributed by atoms with Crippen molar-refractivity contribution in [2.24, 2.45) is 0 Å². The highest BCUT2D eigenvalue weighted by molar-refractivity contribution is 7.57. The summed E-state index contributed by atoms with van der Waals surface area (Å²) in [5.41, 5.74) is 8.84. The predicted octanol–water partition coefficient (Wildman–Crippen LogP) is 19.1. The molecular formula is C98H112F6O12P6. The molecule has 6 atom stereocenters. The van der Waals surface area contributed by atoms with Crippen molar-refractivity contribution >= 4 is 115 Å². The molecule has 0 radical (unpaired) electrons. The van der Waals surface area contributed by atoms with Crippen LogP contribution >= 0.6 is 51.5 Å². The van der Waals surface area contributed by atoms with Crippen molar-refractivity contribution in [2.45, 2.75) is 93.9 Å². The van der Waals surface area contributed by atoms with Crippen LogP contribution in [0.1, 0.15) is 86.1 Å². The molecular weight excluding hydrogens is 1670 g/mol. The Hall–Kier alpha value is -8.64. The highest BCUT2D eigenvalue weighted by atomic mass is 31.1. The van der Waals surface area contributed by atoms with Crippen molar-refractivity contribution in [3.05, 3.63) is 322 Å². The molecule has 0 aliphatic rings. The second-order valence-electron chi connectivity index (χ2n) is 29.7. The van der Waals surface area contributed by atoms with Crippen LogP contribution in [0.25, 0.3) is 0 Å². The summed E-state index contributed by atoms with van der Waals surface area (Å²) in [5, 5.41) is 10.1. The minimum absolute atomic E-state index is 0.0268. The van der Waals surface area contributed by atoms with Crippen molar-refractivity contribution in [2.75, 3.05) is 83.4 Å². The summed E-state index contributed by atoms with van der Waals surface area (Å²) < 4.78 is 147. The average Bonchev–Trinajstić information content (AvgIpc) is 0.796. The van der Waals surface area contributed by atoms with Gasteiger partial charge in [-0.2, -0.15) is 0 Å². The van der Waals surface area contributed by atoms with E-state index in [2.05, 4.69) is 78.8 Å². The highest BCUT2D eigenvalue weighted by Gasteiger charge is 2.25. The Labute approximate surface area is 727 Å².